The number of amides is 1. The second-order valence-corrected chi connectivity index (χ2v) is 4.99. The number of anilines is 2. The highest BCUT2D eigenvalue weighted by atomic mass is 19.1. The van der Waals surface area contributed by atoms with Crippen molar-refractivity contribution >= 4 is 17.3 Å². The lowest BCUT2D eigenvalue weighted by atomic mass is 10.1. The minimum atomic E-state index is -0.403. The zero-order valence-corrected chi connectivity index (χ0v) is 11.2. The normalized spacial score (nSPS) is 18.0. The fourth-order valence-electron chi connectivity index (χ4n) is 2.36. The number of rotatable bonds is 3. The molecular formula is C14H20FN3O. The van der Waals surface area contributed by atoms with Crippen LogP contribution in [-0.2, 0) is 4.79 Å². The van der Waals surface area contributed by atoms with Crippen LogP contribution in [0.4, 0.5) is 15.8 Å². The van der Waals surface area contributed by atoms with E-state index in [0.29, 0.717) is 5.69 Å². The Labute approximate surface area is 112 Å². The molecule has 1 saturated heterocycles. The lowest BCUT2D eigenvalue weighted by Gasteiger charge is -2.31. The molecule has 2 rings (SSSR count). The first-order valence-corrected chi connectivity index (χ1v) is 6.68. The smallest absolute Gasteiger partial charge is 0.241 e. The first-order valence-electron chi connectivity index (χ1n) is 6.68. The fraction of sp³-hybridized carbons (Fsp3) is 0.500. The summed E-state index contributed by atoms with van der Waals surface area (Å²) in [5, 5.41) is 2.76. The van der Waals surface area contributed by atoms with Crippen LogP contribution in [0.15, 0.2) is 18.2 Å². The topological polar surface area (TPSA) is 58.4 Å². The quantitative estimate of drug-likeness (QED) is 0.824. The van der Waals surface area contributed by atoms with E-state index in [4.69, 9.17) is 5.73 Å². The molecular weight excluding hydrogens is 245 g/mol. The summed E-state index contributed by atoms with van der Waals surface area (Å²) >= 11 is 0. The molecule has 0 bridgehead atoms. The van der Waals surface area contributed by atoms with Crippen LogP contribution in [0.5, 0.6) is 0 Å². The number of nitrogens with one attached hydrogen (secondary N) is 1. The minimum Gasteiger partial charge on any atom is -0.397 e. The highest BCUT2D eigenvalue weighted by Crippen LogP contribution is 2.20. The van der Waals surface area contributed by atoms with Crippen LogP contribution in [0.3, 0.4) is 0 Å². The van der Waals surface area contributed by atoms with Gasteiger partial charge in [0, 0.05) is 0 Å². The van der Waals surface area contributed by atoms with Crippen LogP contribution in [0, 0.1) is 5.82 Å². The molecule has 1 unspecified atom stereocenters. The number of nitrogen functional groups attached to an aromatic ring is 1. The Morgan fingerprint density at radius 2 is 2.05 bits per heavy atom. The molecule has 1 aliphatic heterocycles. The van der Waals surface area contributed by atoms with Crippen LogP contribution in [-0.4, -0.2) is 29.9 Å². The molecule has 0 spiro atoms. The lowest BCUT2D eigenvalue weighted by Crippen LogP contribution is -2.44. The number of nitrogens with zero attached hydrogens (tertiary/aromatic N) is 1. The van der Waals surface area contributed by atoms with E-state index in [0.717, 1.165) is 25.9 Å². The summed E-state index contributed by atoms with van der Waals surface area (Å²) in [6.07, 6.45) is 3.50. The van der Waals surface area contributed by atoms with Gasteiger partial charge in [0.25, 0.3) is 0 Å². The van der Waals surface area contributed by atoms with Gasteiger partial charge in [0.15, 0.2) is 0 Å². The first-order chi connectivity index (χ1) is 9.08. The summed E-state index contributed by atoms with van der Waals surface area (Å²) in [6.45, 7) is 3.79. The van der Waals surface area contributed by atoms with Gasteiger partial charge in [-0.15, -0.1) is 0 Å². The summed E-state index contributed by atoms with van der Waals surface area (Å²) in [4.78, 5) is 14.3. The van der Waals surface area contributed by atoms with Crippen molar-refractivity contribution in [3.05, 3.63) is 24.0 Å². The molecule has 0 saturated carbocycles. The molecule has 1 heterocycles. The highest BCUT2D eigenvalue weighted by molar-refractivity contribution is 5.97. The molecule has 1 amide bonds. The Kier molecular flexibility index (Phi) is 4.37. The van der Waals surface area contributed by atoms with Gasteiger partial charge in [-0.3, -0.25) is 9.69 Å². The summed E-state index contributed by atoms with van der Waals surface area (Å²) < 4.78 is 12.9. The maximum absolute atomic E-state index is 12.9. The van der Waals surface area contributed by atoms with Gasteiger partial charge in [0.05, 0.1) is 17.4 Å². The number of piperidine rings is 1. The molecule has 5 heteroatoms. The maximum Gasteiger partial charge on any atom is 0.241 e. The summed E-state index contributed by atoms with van der Waals surface area (Å²) in [7, 11) is 0. The molecule has 1 fully saturated rings. The van der Waals surface area contributed by atoms with E-state index in [2.05, 4.69) is 10.2 Å². The SMILES string of the molecule is CC(C(=O)Nc1ccc(F)cc1N)N1CCCCC1. The van der Waals surface area contributed by atoms with Crippen molar-refractivity contribution in [2.24, 2.45) is 0 Å². The second-order valence-electron chi connectivity index (χ2n) is 4.99. The zero-order valence-electron chi connectivity index (χ0n) is 11.2. The second kappa shape index (κ2) is 6.02. The fourth-order valence-corrected chi connectivity index (χ4v) is 2.36. The number of carbonyl (C=O) groups excluding carboxylic acids is 1. The van der Waals surface area contributed by atoms with E-state index in [1.807, 2.05) is 6.92 Å². The van der Waals surface area contributed by atoms with Crippen LogP contribution in [0.2, 0.25) is 0 Å². The summed E-state index contributed by atoms with van der Waals surface area (Å²) in [6, 6.07) is 3.80. The van der Waals surface area contributed by atoms with E-state index in [-0.39, 0.29) is 17.6 Å². The molecule has 19 heavy (non-hydrogen) atoms. The lowest BCUT2D eigenvalue weighted by molar-refractivity contribution is -0.121. The average Bonchev–Trinajstić information content (AvgIpc) is 2.42. The number of likely N-dealkylation sites (tertiary alicyclic amines) is 1. The van der Waals surface area contributed by atoms with Crippen LogP contribution < -0.4 is 11.1 Å². The van der Waals surface area contributed by atoms with Crippen LogP contribution in [0.25, 0.3) is 0 Å². The van der Waals surface area contributed by atoms with Gasteiger partial charge in [0.2, 0.25) is 5.91 Å². The molecule has 1 aromatic rings. The Morgan fingerprint density at radius 1 is 1.37 bits per heavy atom. The Hall–Kier alpha value is -1.62. The molecule has 3 N–H and O–H groups in total. The van der Waals surface area contributed by atoms with Crippen LogP contribution in [0.1, 0.15) is 26.2 Å². The van der Waals surface area contributed by atoms with Gasteiger partial charge in [-0.2, -0.15) is 0 Å². The van der Waals surface area contributed by atoms with Crippen molar-refractivity contribution < 1.29 is 9.18 Å². The van der Waals surface area contributed by atoms with Gasteiger partial charge < -0.3 is 11.1 Å². The summed E-state index contributed by atoms with van der Waals surface area (Å²) in [5.74, 6) is -0.500. The number of halogens is 1. The number of benzene rings is 1. The number of carbonyl (C=O) groups is 1. The van der Waals surface area contributed by atoms with Crippen molar-refractivity contribution in [1.82, 2.24) is 4.90 Å². The first kappa shape index (κ1) is 13.8. The van der Waals surface area contributed by atoms with Gasteiger partial charge in [-0.05, 0) is 51.1 Å². The molecule has 104 valence electrons. The standard InChI is InChI=1S/C14H20FN3O/c1-10(18-7-3-2-4-8-18)14(19)17-13-6-5-11(15)9-12(13)16/h5-6,9-10H,2-4,7-8,16H2,1H3,(H,17,19). The Balaban J connectivity index is 1.99. The van der Waals surface area contributed by atoms with Gasteiger partial charge in [0.1, 0.15) is 5.82 Å². The molecule has 1 atom stereocenters. The number of hydrogen-bond donors (Lipinski definition) is 2. The monoisotopic (exact) mass is 265 g/mol. The van der Waals surface area contributed by atoms with E-state index < -0.39 is 5.82 Å². The van der Waals surface area contributed by atoms with E-state index in [9.17, 15) is 9.18 Å². The zero-order chi connectivity index (χ0) is 13.8. The van der Waals surface area contributed by atoms with Crippen molar-refractivity contribution in [3.8, 4) is 0 Å². The van der Waals surface area contributed by atoms with E-state index >= 15 is 0 Å². The number of hydrogen-bond acceptors (Lipinski definition) is 3. The maximum atomic E-state index is 12.9. The Bertz CT molecular complexity index is 458. The molecule has 0 aliphatic carbocycles. The van der Waals surface area contributed by atoms with E-state index in [1.54, 1.807) is 0 Å². The van der Waals surface area contributed by atoms with Crippen molar-refractivity contribution in [1.29, 1.82) is 0 Å². The third kappa shape index (κ3) is 3.44. The van der Waals surface area contributed by atoms with E-state index in [1.165, 1.54) is 24.6 Å². The number of nitrogens with two attached hydrogens (primary N) is 1. The predicted molar refractivity (Wildman–Crippen MR) is 74.3 cm³/mol. The molecule has 0 radical (unpaired) electrons. The highest BCUT2D eigenvalue weighted by Gasteiger charge is 2.23. The molecule has 4 nitrogen and oxygen atoms in total. The average molecular weight is 265 g/mol. The predicted octanol–water partition coefficient (Wildman–Crippen LogP) is 2.22. The minimum absolute atomic E-state index is 0.0970. The van der Waals surface area contributed by atoms with Crippen LogP contribution >= 0.6 is 0 Å². The Morgan fingerprint density at radius 3 is 2.68 bits per heavy atom. The van der Waals surface area contributed by atoms with Gasteiger partial charge in [-0.1, -0.05) is 6.42 Å². The third-order valence-corrected chi connectivity index (χ3v) is 3.59. The van der Waals surface area contributed by atoms with Gasteiger partial charge >= 0.3 is 0 Å². The largest absolute Gasteiger partial charge is 0.397 e. The van der Waals surface area contributed by atoms with Crippen molar-refractivity contribution in [2.45, 2.75) is 32.2 Å². The molecule has 1 aromatic carbocycles. The third-order valence-electron chi connectivity index (χ3n) is 3.59. The van der Waals surface area contributed by atoms with Crippen molar-refractivity contribution in [2.75, 3.05) is 24.1 Å². The molecule has 0 aromatic heterocycles. The summed E-state index contributed by atoms with van der Waals surface area (Å²) in [5.41, 5.74) is 6.40. The van der Waals surface area contributed by atoms with Crippen molar-refractivity contribution in [3.63, 3.8) is 0 Å². The van der Waals surface area contributed by atoms with Gasteiger partial charge in [-0.25, -0.2) is 4.39 Å². The molecule has 1 aliphatic rings.